The molecule has 4 heteroatoms. The van der Waals surface area contributed by atoms with E-state index in [9.17, 15) is 4.79 Å². The van der Waals surface area contributed by atoms with E-state index in [1.807, 2.05) is 34.6 Å². The summed E-state index contributed by atoms with van der Waals surface area (Å²) in [7, 11) is 0. The third kappa shape index (κ3) is 3.87. The number of carbonyl (C=O) groups is 1. The van der Waals surface area contributed by atoms with Crippen LogP contribution in [0.4, 0.5) is 0 Å². The van der Waals surface area contributed by atoms with Gasteiger partial charge in [-0.25, -0.2) is 4.79 Å². The van der Waals surface area contributed by atoms with E-state index in [1.54, 1.807) is 13.0 Å². The molecule has 106 valence electrons. The first-order valence-electron chi connectivity index (χ1n) is 6.41. The fourth-order valence-electron chi connectivity index (χ4n) is 1.80. The van der Waals surface area contributed by atoms with Crippen LogP contribution >= 0.6 is 11.6 Å². The Balaban J connectivity index is 3.32. The molecule has 0 saturated heterocycles. The average molecular weight is 285 g/mol. The Morgan fingerprint density at radius 1 is 1.16 bits per heavy atom. The Morgan fingerprint density at radius 2 is 1.74 bits per heavy atom. The van der Waals surface area contributed by atoms with Crippen molar-refractivity contribution in [2.24, 2.45) is 0 Å². The van der Waals surface area contributed by atoms with Crippen molar-refractivity contribution >= 4 is 17.6 Å². The van der Waals surface area contributed by atoms with Crippen LogP contribution in [0.25, 0.3) is 0 Å². The molecule has 0 aliphatic carbocycles. The third-order valence-corrected chi connectivity index (χ3v) is 3.14. The molecule has 0 amide bonds. The zero-order valence-corrected chi connectivity index (χ0v) is 13.1. The zero-order chi connectivity index (χ0) is 14.7. The summed E-state index contributed by atoms with van der Waals surface area (Å²) in [4.78, 5) is 12.2. The maximum Gasteiger partial charge on any atom is 0.342 e. The Bertz CT molecular complexity index is 479. The predicted octanol–water partition coefficient (Wildman–Crippen LogP) is 4.31. The van der Waals surface area contributed by atoms with Gasteiger partial charge >= 0.3 is 5.97 Å². The van der Waals surface area contributed by atoms with Crippen molar-refractivity contribution in [3.05, 3.63) is 27.8 Å². The lowest BCUT2D eigenvalue weighted by atomic mass is 10.0. The maximum absolute atomic E-state index is 12.2. The Hall–Kier alpha value is -1.22. The lowest BCUT2D eigenvalue weighted by molar-refractivity contribution is 0.0371. The SMILES string of the molecule is Cc1cc(OC(C)C)c(C(=O)OC(C)C)c(C)c1Cl. The maximum atomic E-state index is 12.2. The van der Waals surface area contributed by atoms with E-state index in [0.717, 1.165) is 5.56 Å². The van der Waals surface area contributed by atoms with Gasteiger partial charge in [-0.05, 0) is 58.7 Å². The van der Waals surface area contributed by atoms with Gasteiger partial charge in [-0.2, -0.15) is 0 Å². The van der Waals surface area contributed by atoms with Crippen LogP contribution in [0.2, 0.25) is 5.02 Å². The molecule has 0 aliphatic heterocycles. The molecule has 1 rings (SSSR count). The molecule has 3 nitrogen and oxygen atoms in total. The first kappa shape index (κ1) is 15.8. The highest BCUT2D eigenvalue weighted by Crippen LogP contribution is 2.33. The smallest absolute Gasteiger partial charge is 0.342 e. The number of ether oxygens (including phenoxy) is 2. The minimum atomic E-state index is -0.398. The highest BCUT2D eigenvalue weighted by molar-refractivity contribution is 6.32. The normalized spacial score (nSPS) is 11.0. The van der Waals surface area contributed by atoms with E-state index in [4.69, 9.17) is 21.1 Å². The summed E-state index contributed by atoms with van der Waals surface area (Å²) in [5.74, 6) is 0.130. The van der Waals surface area contributed by atoms with Crippen molar-refractivity contribution in [3.8, 4) is 5.75 Å². The molecule has 0 N–H and O–H groups in total. The molecule has 1 aromatic rings. The number of hydrogen-bond donors (Lipinski definition) is 0. The standard InChI is InChI=1S/C15H21ClO3/c1-8(2)18-12-7-10(5)14(16)11(6)13(12)15(17)19-9(3)4/h7-9H,1-6H3. The van der Waals surface area contributed by atoms with Gasteiger partial charge in [-0.15, -0.1) is 0 Å². The number of rotatable bonds is 4. The number of carbonyl (C=O) groups excluding carboxylic acids is 1. The molecule has 0 radical (unpaired) electrons. The van der Waals surface area contributed by atoms with Crippen LogP contribution in [0.15, 0.2) is 6.07 Å². The van der Waals surface area contributed by atoms with Gasteiger partial charge in [0.25, 0.3) is 0 Å². The van der Waals surface area contributed by atoms with Gasteiger partial charge < -0.3 is 9.47 Å². The summed E-state index contributed by atoms with van der Waals surface area (Å²) >= 11 is 6.21. The molecule has 0 spiro atoms. The molecule has 0 saturated carbocycles. The molecule has 0 aliphatic rings. The fourth-order valence-corrected chi connectivity index (χ4v) is 1.95. The first-order chi connectivity index (χ1) is 8.73. The van der Waals surface area contributed by atoms with Crippen molar-refractivity contribution < 1.29 is 14.3 Å². The van der Waals surface area contributed by atoms with Gasteiger partial charge in [-0.3, -0.25) is 0 Å². The molecular formula is C15H21ClO3. The quantitative estimate of drug-likeness (QED) is 0.773. The summed E-state index contributed by atoms with van der Waals surface area (Å²) in [5, 5.41) is 0.576. The topological polar surface area (TPSA) is 35.5 Å². The van der Waals surface area contributed by atoms with Crippen LogP contribution in [0.5, 0.6) is 5.75 Å². The van der Waals surface area contributed by atoms with Crippen LogP contribution in [-0.4, -0.2) is 18.2 Å². The largest absolute Gasteiger partial charge is 0.490 e. The molecular weight excluding hydrogens is 264 g/mol. The minimum Gasteiger partial charge on any atom is -0.490 e. The van der Waals surface area contributed by atoms with Gasteiger partial charge in [0, 0.05) is 5.02 Å². The van der Waals surface area contributed by atoms with E-state index in [1.165, 1.54) is 0 Å². The Morgan fingerprint density at radius 3 is 2.21 bits per heavy atom. The van der Waals surface area contributed by atoms with E-state index in [2.05, 4.69) is 0 Å². The summed E-state index contributed by atoms with van der Waals surface area (Å²) in [6.07, 6.45) is -0.204. The molecule has 0 fully saturated rings. The van der Waals surface area contributed by atoms with Gasteiger partial charge in [0.2, 0.25) is 0 Å². The fraction of sp³-hybridized carbons (Fsp3) is 0.533. The number of esters is 1. The lowest BCUT2D eigenvalue weighted by Crippen LogP contribution is -2.17. The average Bonchev–Trinajstić information content (AvgIpc) is 2.24. The van der Waals surface area contributed by atoms with Crippen molar-refractivity contribution in [2.45, 2.75) is 53.8 Å². The van der Waals surface area contributed by atoms with Gasteiger partial charge in [0.05, 0.1) is 12.2 Å². The first-order valence-corrected chi connectivity index (χ1v) is 6.79. The summed E-state index contributed by atoms with van der Waals surface area (Å²) in [6.45, 7) is 11.1. The summed E-state index contributed by atoms with van der Waals surface area (Å²) < 4.78 is 11.0. The highest BCUT2D eigenvalue weighted by Gasteiger charge is 2.22. The molecule has 0 unspecified atom stereocenters. The van der Waals surface area contributed by atoms with Gasteiger partial charge in [0.1, 0.15) is 11.3 Å². The van der Waals surface area contributed by atoms with Crippen LogP contribution in [0, 0.1) is 13.8 Å². The molecule has 1 aromatic carbocycles. The summed E-state index contributed by atoms with van der Waals surface area (Å²) in [6, 6.07) is 1.78. The highest BCUT2D eigenvalue weighted by atomic mass is 35.5. The molecule has 0 aromatic heterocycles. The molecule has 19 heavy (non-hydrogen) atoms. The number of hydrogen-bond acceptors (Lipinski definition) is 3. The number of halogens is 1. The summed E-state index contributed by atoms with van der Waals surface area (Å²) in [5.41, 5.74) is 2.00. The molecule has 0 bridgehead atoms. The molecule has 0 atom stereocenters. The van der Waals surface area contributed by atoms with Crippen LogP contribution < -0.4 is 4.74 Å². The zero-order valence-electron chi connectivity index (χ0n) is 12.3. The minimum absolute atomic E-state index is 0.0226. The van der Waals surface area contributed by atoms with E-state index >= 15 is 0 Å². The third-order valence-electron chi connectivity index (χ3n) is 2.55. The van der Waals surface area contributed by atoms with E-state index in [-0.39, 0.29) is 12.2 Å². The van der Waals surface area contributed by atoms with Crippen molar-refractivity contribution in [2.75, 3.05) is 0 Å². The van der Waals surface area contributed by atoms with Gasteiger partial charge in [0.15, 0.2) is 0 Å². The number of benzene rings is 1. The van der Waals surface area contributed by atoms with Crippen molar-refractivity contribution in [3.63, 3.8) is 0 Å². The van der Waals surface area contributed by atoms with Crippen molar-refractivity contribution in [1.82, 2.24) is 0 Å². The number of aryl methyl sites for hydroxylation is 1. The Kier molecular flexibility index (Phi) is 5.24. The monoisotopic (exact) mass is 284 g/mol. The predicted molar refractivity (Wildman–Crippen MR) is 77.2 cm³/mol. The van der Waals surface area contributed by atoms with Crippen LogP contribution in [0.1, 0.15) is 49.2 Å². The van der Waals surface area contributed by atoms with Gasteiger partial charge in [-0.1, -0.05) is 11.6 Å². The second-order valence-electron chi connectivity index (χ2n) is 5.13. The Labute approximate surface area is 119 Å². The van der Waals surface area contributed by atoms with E-state index < -0.39 is 5.97 Å². The van der Waals surface area contributed by atoms with Crippen LogP contribution in [0.3, 0.4) is 0 Å². The lowest BCUT2D eigenvalue weighted by Gasteiger charge is -2.18. The van der Waals surface area contributed by atoms with E-state index in [0.29, 0.717) is 21.9 Å². The van der Waals surface area contributed by atoms with Crippen molar-refractivity contribution in [1.29, 1.82) is 0 Å². The second kappa shape index (κ2) is 6.29. The van der Waals surface area contributed by atoms with Crippen LogP contribution in [-0.2, 0) is 4.74 Å². The molecule has 0 heterocycles. The second-order valence-corrected chi connectivity index (χ2v) is 5.50.